The van der Waals surface area contributed by atoms with Crippen LogP contribution in [0.5, 0.6) is 5.75 Å². The van der Waals surface area contributed by atoms with Crippen LogP contribution in [0, 0.1) is 12.7 Å². The van der Waals surface area contributed by atoms with Crippen molar-refractivity contribution in [2.75, 3.05) is 38.2 Å². The van der Waals surface area contributed by atoms with Crippen molar-refractivity contribution in [1.82, 2.24) is 9.88 Å². The highest BCUT2D eigenvalue weighted by Crippen LogP contribution is 2.20. The van der Waals surface area contributed by atoms with E-state index in [9.17, 15) is 4.39 Å². The molecule has 0 unspecified atom stereocenters. The van der Waals surface area contributed by atoms with Gasteiger partial charge < -0.3 is 9.64 Å². The van der Waals surface area contributed by atoms with Crippen molar-refractivity contribution in [2.45, 2.75) is 13.5 Å². The van der Waals surface area contributed by atoms with Gasteiger partial charge >= 0.3 is 0 Å². The van der Waals surface area contributed by atoms with Gasteiger partial charge in [0.25, 0.3) is 0 Å². The molecule has 23 heavy (non-hydrogen) atoms. The number of piperazine rings is 1. The first-order valence-electron chi connectivity index (χ1n) is 7.89. The summed E-state index contributed by atoms with van der Waals surface area (Å²) in [5.74, 6) is 1.04. The van der Waals surface area contributed by atoms with Gasteiger partial charge in [-0.1, -0.05) is 12.1 Å². The summed E-state index contributed by atoms with van der Waals surface area (Å²) in [6, 6.07) is 11.3. The minimum absolute atomic E-state index is 0.295. The van der Waals surface area contributed by atoms with E-state index in [1.165, 1.54) is 7.11 Å². The first-order chi connectivity index (χ1) is 11.2. The number of halogens is 1. The van der Waals surface area contributed by atoms with Gasteiger partial charge in [0, 0.05) is 38.4 Å². The molecule has 2 heterocycles. The average Bonchev–Trinajstić information content (AvgIpc) is 2.56. The minimum atomic E-state index is -0.299. The van der Waals surface area contributed by atoms with E-state index in [0.717, 1.165) is 49.8 Å². The average molecular weight is 315 g/mol. The van der Waals surface area contributed by atoms with Gasteiger partial charge in [0.1, 0.15) is 5.82 Å². The molecule has 4 nitrogen and oxygen atoms in total. The molecule has 0 N–H and O–H groups in total. The van der Waals surface area contributed by atoms with Gasteiger partial charge in [0.15, 0.2) is 11.6 Å². The normalized spacial score (nSPS) is 15.7. The molecule has 1 aromatic heterocycles. The van der Waals surface area contributed by atoms with Gasteiger partial charge in [0.05, 0.1) is 7.11 Å². The molecule has 2 aromatic rings. The lowest BCUT2D eigenvalue weighted by Gasteiger charge is -2.35. The number of anilines is 1. The third kappa shape index (κ3) is 3.79. The number of hydrogen-bond donors (Lipinski definition) is 0. The summed E-state index contributed by atoms with van der Waals surface area (Å²) in [5.41, 5.74) is 2.02. The highest BCUT2D eigenvalue weighted by molar-refractivity contribution is 5.39. The molecule has 0 spiro atoms. The highest BCUT2D eigenvalue weighted by Gasteiger charge is 2.18. The number of nitrogens with zero attached hydrogens (tertiary/aromatic N) is 3. The molecule has 0 radical (unpaired) electrons. The number of aromatic nitrogens is 1. The first-order valence-corrected chi connectivity index (χ1v) is 7.89. The molecule has 122 valence electrons. The van der Waals surface area contributed by atoms with Crippen LogP contribution in [0.3, 0.4) is 0 Å². The Morgan fingerprint density at radius 2 is 1.91 bits per heavy atom. The number of pyridine rings is 1. The molecular weight excluding hydrogens is 293 g/mol. The van der Waals surface area contributed by atoms with Crippen molar-refractivity contribution in [3.63, 3.8) is 0 Å². The molecule has 0 atom stereocenters. The quantitative estimate of drug-likeness (QED) is 0.867. The Kier molecular flexibility index (Phi) is 4.76. The van der Waals surface area contributed by atoms with E-state index in [1.807, 2.05) is 25.1 Å². The van der Waals surface area contributed by atoms with Crippen LogP contribution in [0.1, 0.15) is 11.3 Å². The standard InChI is InChI=1S/C18H22FN3O/c1-14-4-3-5-18(20-14)22-10-8-21(9-11-22)13-15-6-7-17(23-2)16(19)12-15/h3-7,12H,8-11,13H2,1-2H3. The van der Waals surface area contributed by atoms with Crippen LogP contribution in [0.4, 0.5) is 10.2 Å². The number of methoxy groups -OCH3 is 1. The van der Waals surface area contributed by atoms with Gasteiger partial charge in [-0.3, -0.25) is 4.90 Å². The lowest BCUT2D eigenvalue weighted by atomic mass is 10.2. The largest absolute Gasteiger partial charge is 0.494 e. The number of benzene rings is 1. The van der Waals surface area contributed by atoms with Gasteiger partial charge in [0.2, 0.25) is 0 Å². The lowest BCUT2D eigenvalue weighted by Crippen LogP contribution is -2.46. The van der Waals surface area contributed by atoms with Crippen LogP contribution in [0.15, 0.2) is 36.4 Å². The van der Waals surface area contributed by atoms with E-state index in [-0.39, 0.29) is 5.82 Å². The third-order valence-corrected chi connectivity index (χ3v) is 4.19. The maximum Gasteiger partial charge on any atom is 0.165 e. The Labute approximate surface area is 136 Å². The summed E-state index contributed by atoms with van der Waals surface area (Å²) in [5, 5.41) is 0. The molecule has 0 bridgehead atoms. The first kappa shape index (κ1) is 15.7. The molecular formula is C18H22FN3O. The van der Waals surface area contributed by atoms with Crippen molar-refractivity contribution in [3.8, 4) is 5.75 Å². The zero-order valence-electron chi connectivity index (χ0n) is 13.6. The zero-order chi connectivity index (χ0) is 16.2. The number of hydrogen-bond acceptors (Lipinski definition) is 4. The molecule has 1 saturated heterocycles. The van der Waals surface area contributed by atoms with E-state index >= 15 is 0 Å². The molecule has 0 amide bonds. The molecule has 0 aliphatic carbocycles. The second-order valence-corrected chi connectivity index (χ2v) is 5.87. The van der Waals surface area contributed by atoms with Gasteiger partial charge in [-0.25, -0.2) is 9.37 Å². The Morgan fingerprint density at radius 1 is 1.13 bits per heavy atom. The summed E-state index contributed by atoms with van der Waals surface area (Å²) in [6.07, 6.45) is 0. The number of aryl methyl sites for hydroxylation is 1. The Morgan fingerprint density at radius 3 is 2.57 bits per heavy atom. The predicted octanol–water partition coefficient (Wildman–Crippen LogP) is 2.86. The lowest BCUT2D eigenvalue weighted by molar-refractivity contribution is 0.249. The fourth-order valence-electron chi connectivity index (χ4n) is 2.91. The van der Waals surface area contributed by atoms with E-state index in [4.69, 9.17) is 4.74 Å². The van der Waals surface area contributed by atoms with Crippen molar-refractivity contribution < 1.29 is 9.13 Å². The van der Waals surface area contributed by atoms with Crippen molar-refractivity contribution in [2.24, 2.45) is 0 Å². The van der Waals surface area contributed by atoms with Crippen LogP contribution >= 0.6 is 0 Å². The third-order valence-electron chi connectivity index (χ3n) is 4.19. The molecule has 3 rings (SSSR count). The topological polar surface area (TPSA) is 28.6 Å². The maximum atomic E-state index is 13.8. The highest BCUT2D eigenvalue weighted by atomic mass is 19.1. The number of rotatable bonds is 4. The van der Waals surface area contributed by atoms with E-state index in [2.05, 4.69) is 20.9 Å². The Balaban J connectivity index is 1.58. The van der Waals surface area contributed by atoms with Gasteiger partial charge in [-0.15, -0.1) is 0 Å². The van der Waals surface area contributed by atoms with Crippen molar-refractivity contribution in [3.05, 3.63) is 53.5 Å². The van der Waals surface area contributed by atoms with Crippen LogP contribution in [0.25, 0.3) is 0 Å². The zero-order valence-corrected chi connectivity index (χ0v) is 13.6. The van der Waals surface area contributed by atoms with Crippen LogP contribution in [-0.2, 0) is 6.54 Å². The second-order valence-electron chi connectivity index (χ2n) is 5.87. The fraction of sp³-hybridized carbons (Fsp3) is 0.389. The maximum absolute atomic E-state index is 13.8. The molecule has 5 heteroatoms. The summed E-state index contributed by atoms with van der Waals surface area (Å²) >= 11 is 0. The van der Waals surface area contributed by atoms with Crippen molar-refractivity contribution in [1.29, 1.82) is 0 Å². The summed E-state index contributed by atoms with van der Waals surface area (Å²) in [6.45, 7) is 6.55. The van der Waals surface area contributed by atoms with Crippen LogP contribution in [-0.4, -0.2) is 43.2 Å². The molecule has 1 aromatic carbocycles. The smallest absolute Gasteiger partial charge is 0.165 e. The Hall–Kier alpha value is -2.14. The van der Waals surface area contributed by atoms with Crippen LogP contribution < -0.4 is 9.64 Å². The summed E-state index contributed by atoms with van der Waals surface area (Å²) in [4.78, 5) is 9.22. The van der Waals surface area contributed by atoms with Gasteiger partial charge in [-0.2, -0.15) is 0 Å². The molecule has 1 fully saturated rings. The van der Waals surface area contributed by atoms with E-state index in [1.54, 1.807) is 12.1 Å². The molecule has 1 aliphatic heterocycles. The van der Waals surface area contributed by atoms with Crippen LogP contribution in [0.2, 0.25) is 0 Å². The summed E-state index contributed by atoms with van der Waals surface area (Å²) in [7, 11) is 1.48. The second kappa shape index (κ2) is 6.96. The Bertz CT molecular complexity index is 669. The van der Waals surface area contributed by atoms with E-state index in [0.29, 0.717) is 5.75 Å². The van der Waals surface area contributed by atoms with Gasteiger partial charge in [-0.05, 0) is 36.8 Å². The molecule has 0 saturated carbocycles. The predicted molar refractivity (Wildman–Crippen MR) is 89.4 cm³/mol. The van der Waals surface area contributed by atoms with Crippen molar-refractivity contribution >= 4 is 5.82 Å². The van der Waals surface area contributed by atoms with E-state index < -0.39 is 0 Å². The summed E-state index contributed by atoms with van der Waals surface area (Å²) < 4.78 is 18.7. The monoisotopic (exact) mass is 315 g/mol. The minimum Gasteiger partial charge on any atom is -0.494 e. The number of ether oxygens (including phenoxy) is 1. The fourth-order valence-corrected chi connectivity index (χ4v) is 2.91. The molecule has 1 aliphatic rings. The SMILES string of the molecule is COc1ccc(CN2CCN(c3cccc(C)n3)CC2)cc1F.